The molecule has 0 radical (unpaired) electrons. The van der Waals surface area contributed by atoms with Crippen LogP contribution in [0.3, 0.4) is 0 Å². The average molecular weight is 406 g/mol. The molecule has 3 aromatic rings. The van der Waals surface area contributed by atoms with Crippen LogP contribution in [0.4, 0.5) is 0 Å². The molecule has 0 amide bonds. The molecule has 30 heavy (non-hydrogen) atoms. The maximum absolute atomic E-state index is 11.8. The van der Waals surface area contributed by atoms with Gasteiger partial charge in [0.05, 0.1) is 19.3 Å². The van der Waals surface area contributed by atoms with E-state index in [0.29, 0.717) is 18.9 Å². The molecule has 1 aliphatic rings. The highest BCUT2D eigenvalue weighted by Gasteiger charge is 2.47. The number of ether oxygens (including phenoxy) is 3. The maximum Gasteiger partial charge on any atom is 0.224 e. The smallest absolute Gasteiger partial charge is 0.224 e. The predicted molar refractivity (Wildman–Crippen MR) is 113 cm³/mol. The highest BCUT2D eigenvalue weighted by Crippen LogP contribution is 2.41. The van der Waals surface area contributed by atoms with Crippen molar-refractivity contribution in [2.75, 3.05) is 6.61 Å². The first-order chi connectivity index (χ1) is 14.7. The summed E-state index contributed by atoms with van der Waals surface area (Å²) in [5.41, 5.74) is 2.49. The van der Waals surface area contributed by atoms with Gasteiger partial charge in [0.15, 0.2) is 5.43 Å². The van der Waals surface area contributed by atoms with E-state index >= 15 is 0 Å². The third kappa shape index (κ3) is 4.51. The number of hydrogen-bond donors (Lipinski definition) is 1. The van der Waals surface area contributed by atoms with Crippen molar-refractivity contribution < 1.29 is 14.2 Å². The van der Waals surface area contributed by atoms with E-state index in [-0.39, 0.29) is 11.5 Å². The lowest BCUT2D eigenvalue weighted by atomic mass is 9.94. The van der Waals surface area contributed by atoms with Crippen LogP contribution in [0.15, 0.2) is 78.0 Å². The van der Waals surface area contributed by atoms with E-state index in [9.17, 15) is 4.79 Å². The van der Waals surface area contributed by atoms with Crippen molar-refractivity contribution in [3.05, 3.63) is 100 Å². The lowest BCUT2D eigenvalue weighted by Gasteiger charge is -2.44. The molecule has 1 N–H and O–H groups in total. The van der Waals surface area contributed by atoms with Gasteiger partial charge in [-0.15, -0.1) is 0 Å². The van der Waals surface area contributed by atoms with Crippen LogP contribution in [0.1, 0.15) is 42.7 Å². The van der Waals surface area contributed by atoms with Crippen LogP contribution in [0, 0.1) is 0 Å². The van der Waals surface area contributed by atoms with Gasteiger partial charge in [-0.1, -0.05) is 36.4 Å². The molecule has 156 valence electrons. The lowest BCUT2D eigenvalue weighted by molar-refractivity contribution is -0.336. The van der Waals surface area contributed by atoms with Crippen LogP contribution in [-0.2, 0) is 26.6 Å². The van der Waals surface area contributed by atoms with Crippen molar-refractivity contribution >= 4 is 0 Å². The van der Waals surface area contributed by atoms with Crippen LogP contribution in [0.25, 0.3) is 0 Å². The summed E-state index contributed by atoms with van der Waals surface area (Å²) in [5, 5.41) is 0. The van der Waals surface area contributed by atoms with E-state index in [2.05, 4.69) is 9.97 Å². The first-order valence-corrected chi connectivity index (χ1v) is 10.2. The Morgan fingerprint density at radius 2 is 2.10 bits per heavy atom. The SMILES string of the molecule is CC(OC1(c2cccnc2)OCCCC1OCc1ccccc1)c1cc(=O)cc[nH]1. The number of benzene rings is 1. The molecule has 0 aliphatic carbocycles. The standard InChI is InChI=1S/C24H26N2O4/c1-18(22-15-21(27)11-13-26-22)30-24(20-9-5-12-25-16-20)23(10-6-14-29-24)28-17-19-7-3-2-4-8-19/h2-5,7-9,11-13,15-16,18,23H,6,10,14,17H2,1H3,(H,26,27). The molecular weight excluding hydrogens is 380 g/mol. The number of aromatic amines is 1. The Balaban J connectivity index is 1.65. The number of rotatable bonds is 7. The molecule has 0 saturated carbocycles. The number of pyridine rings is 2. The van der Waals surface area contributed by atoms with Gasteiger partial charge >= 0.3 is 0 Å². The number of nitrogens with one attached hydrogen (secondary N) is 1. The summed E-state index contributed by atoms with van der Waals surface area (Å²) in [6, 6.07) is 16.9. The molecule has 6 heteroatoms. The monoisotopic (exact) mass is 406 g/mol. The zero-order valence-corrected chi connectivity index (χ0v) is 17.0. The highest BCUT2D eigenvalue weighted by molar-refractivity contribution is 5.20. The largest absolute Gasteiger partial charge is 0.368 e. The first kappa shape index (κ1) is 20.5. The second-order valence-electron chi connectivity index (χ2n) is 7.42. The molecule has 2 aromatic heterocycles. The van der Waals surface area contributed by atoms with Crippen LogP contribution in [-0.4, -0.2) is 22.7 Å². The summed E-state index contributed by atoms with van der Waals surface area (Å²) in [6.45, 7) is 2.91. The first-order valence-electron chi connectivity index (χ1n) is 10.2. The highest BCUT2D eigenvalue weighted by atomic mass is 16.7. The van der Waals surface area contributed by atoms with Crippen molar-refractivity contribution in [2.45, 2.75) is 44.4 Å². The summed E-state index contributed by atoms with van der Waals surface area (Å²) >= 11 is 0. The van der Waals surface area contributed by atoms with Gasteiger partial charge in [-0.25, -0.2) is 0 Å². The second-order valence-corrected chi connectivity index (χ2v) is 7.42. The summed E-state index contributed by atoms with van der Waals surface area (Å²) < 4.78 is 19.2. The molecule has 1 fully saturated rings. The Morgan fingerprint density at radius 3 is 2.87 bits per heavy atom. The Bertz CT molecular complexity index is 993. The van der Waals surface area contributed by atoms with Gasteiger partial charge in [0.25, 0.3) is 0 Å². The van der Waals surface area contributed by atoms with Crippen LogP contribution in [0.5, 0.6) is 0 Å². The van der Waals surface area contributed by atoms with Crippen molar-refractivity contribution in [2.24, 2.45) is 0 Å². The Kier molecular flexibility index (Phi) is 6.38. The van der Waals surface area contributed by atoms with E-state index in [0.717, 1.165) is 24.0 Å². The van der Waals surface area contributed by atoms with Crippen LogP contribution < -0.4 is 5.43 Å². The summed E-state index contributed by atoms with van der Waals surface area (Å²) in [6.07, 6.45) is 6.02. The molecule has 0 bridgehead atoms. The summed E-state index contributed by atoms with van der Waals surface area (Å²) in [5.74, 6) is -1.12. The molecule has 1 aromatic carbocycles. The van der Waals surface area contributed by atoms with Crippen LogP contribution in [0.2, 0.25) is 0 Å². The Morgan fingerprint density at radius 1 is 1.23 bits per heavy atom. The molecule has 4 rings (SSSR count). The minimum atomic E-state index is -1.12. The normalized spacial score (nSPS) is 22.5. The molecular formula is C24H26N2O4. The Hall–Kier alpha value is -2.80. The van der Waals surface area contributed by atoms with Gasteiger partial charge in [-0.2, -0.15) is 0 Å². The van der Waals surface area contributed by atoms with Crippen molar-refractivity contribution in [1.29, 1.82) is 0 Å². The second kappa shape index (κ2) is 9.34. The molecule has 6 nitrogen and oxygen atoms in total. The third-order valence-electron chi connectivity index (χ3n) is 5.29. The summed E-state index contributed by atoms with van der Waals surface area (Å²) in [4.78, 5) is 19.2. The van der Waals surface area contributed by atoms with Crippen molar-refractivity contribution in [1.82, 2.24) is 9.97 Å². The van der Waals surface area contributed by atoms with Gasteiger partial charge < -0.3 is 19.2 Å². The quantitative estimate of drug-likeness (QED) is 0.640. The molecule has 3 unspecified atom stereocenters. The zero-order valence-electron chi connectivity index (χ0n) is 17.0. The lowest BCUT2D eigenvalue weighted by Crippen LogP contribution is -2.49. The number of H-pyrrole nitrogens is 1. The van der Waals surface area contributed by atoms with Gasteiger partial charge in [0.1, 0.15) is 6.10 Å². The molecule has 0 spiro atoms. The molecule has 1 aliphatic heterocycles. The average Bonchev–Trinajstić information content (AvgIpc) is 2.79. The number of nitrogens with zero attached hydrogens (tertiary/aromatic N) is 1. The molecule has 3 atom stereocenters. The van der Waals surface area contributed by atoms with Gasteiger partial charge in [0, 0.05) is 42.0 Å². The fourth-order valence-electron chi connectivity index (χ4n) is 3.78. The predicted octanol–water partition coefficient (Wildman–Crippen LogP) is 4.10. The number of hydrogen-bond acceptors (Lipinski definition) is 5. The fourth-order valence-corrected chi connectivity index (χ4v) is 3.78. The van der Waals surface area contributed by atoms with Crippen molar-refractivity contribution in [3.63, 3.8) is 0 Å². The molecule has 1 saturated heterocycles. The van der Waals surface area contributed by atoms with Crippen molar-refractivity contribution in [3.8, 4) is 0 Å². The minimum absolute atomic E-state index is 0.0731. The van der Waals surface area contributed by atoms with E-state index in [1.54, 1.807) is 24.7 Å². The zero-order chi connectivity index (χ0) is 20.8. The maximum atomic E-state index is 11.8. The Labute approximate surface area is 175 Å². The number of aromatic nitrogens is 2. The molecule has 3 heterocycles. The summed E-state index contributed by atoms with van der Waals surface area (Å²) in [7, 11) is 0. The van der Waals surface area contributed by atoms with Gasteiger partial charge in [-0.3, -0.25) is 9.78 Å². The van der Waals surface area contributed by atoms with E-state index in [1.807, 2.05) is 49.4 Å². The fraction of sp³-hybridized carbons (Fsp3) is 0.333. The van der Waals surface area contributed by atoms with E-state index < -0.39 is 11.9 Å². The van der Waals surface area contributed by atoms with Gasteiger partial charge in [-0.05, 0) is 31.4 Å². The third-order valence-corrected chi connectivity index (χ3v) is 5.29. The minimum Gasteiger partial charge on any atom is -0.368 e. The topological polar surface area (TPSA) is 73.4 Å². The van der Waals surface area contributed by atoms with E-state index in [1.165, 1.54) is 6.07 Å². The van der Waals surface area contributed by atoms with Crippen LogP contribution >= 0.6 is 0 Å². The van der Waals surface area contributed by atoms with E-state index in [4.69, 9.17) is 14.2 Å². The van der Waals surface area contributed by atoms with Gasteiger partial charge in [0.2, 0.25) is 5.79 Å².